The maximum atomic E-state index is 12.6. The van der Waals surface area contributed by atoms with E-state index in [1.165, 1.54) is 5.39 Å². The van der Waals surface area contributed by atoms with Gasteiger partial charge in [-0.1, -0.05) is 30.3 Å². The number of carbonyl (C=O) groups is 1. The molecule has 2 aromatic carbocycles. The zero-order valence-corrected chi connectivity index (χ0v) is 12.0. The Morgan fingerprint density at radius 2 is 1.70 bits per heavy atom. The van der Waals surface area contributed by atoms with E-state index >= 15 is 0 Å². The summed E-state index contributed by atoms with van der Waals surface area (Å²) >= 11 is 0. The summed E-state index contributed by atoms with van der Waals surface area (Å²) in [5, 5.41) is 5.74. The van der Waals surface area contributed by atoms with Gasteiger partial charge in [0.15, 0.2) is 0 Å². The van der Waals surface area contributed by atoms with Crippen LogP contribution < -0.4 is 5.32 Å². The van der Waals surface area contributed by atoms with Gasteiger partial charge in [-0.15, -0.1) is 0 Å². The highest BCUT2D eigenvalue weighted by molar-refractivity contribution is 5.98. The lowest BCUT2D eigenvalue weighted by molar-refractivity contribution is 0.0674. The number of piperazine rings is 1. The molecule has 20 heavy (non-hydrogen) atoms. The normalized spacial score (nSPS) is 23.0. The predicted molar refractivity (Wildman–Crippen MR) is 81.9 cm³/mol. The Hall–Kier alpha value is -1.87. The first-order chi connectivity index (χ1) is 9.63. The highest BCUT2D eigenvalue weighted by atomic mass is 16.2. The molecule has 2 unspecified atom stereocenters. The number of fused-ring (bicyclic) bond motifs is 1. The molecule has 2 aromatic rings. The van der Waals surface area contributed by atoms with Crippen LogP contribution in [-0.2, 0) is 0 Å². The topological polar surface area (TPSA) is 32.3 Å². The summed E-state index contributed by atoms with van der Waals surface area (Å²) in [7, 11) is 0. The molecule has 1 aliphatic rings. The van der Waals surface area contributed by atoms with Gasteiger partial charge in [-0.25, -0.2) is 0 Å². The average Bonchev–Trinajstić information content (AvgIpc) is 2.45. The Morgan fingerprint density at radius 3 is 2.40 bits per heavy atom. The van der Waals surface area contributed by atoms with Crippen molar-refractivity contribution in [1.82, 2.24) is 10.2 Å². The summed E-state index contributed by atoms with van der Waals surface area (Å²) < 4.78 is 0. The van der Waals surface area contributed by atoms with Crippen molar-refractivity contribution < 1.29 is 4.79 Å². The number of rotatable bonds is 1. The summed E-state index contributed by atoms with van der Waals surface area (Å²) in [6.07, 6.45) is 0. The summed E-state index contributed by atoms with van der Waals surface area (Å²) in [5.41, 5.74) is 0.782. The molecule has 0 aliphatic carbocycles. The summed E-state index contributed by atoms with van der Waals surface area (Å²) in [4.78, 5) is 14.6. The van der Waals surface area contributed by atoms with Crippen LogP contribution in [0.25, 0.3) is 10.8 Å². The maximum absolute atomic E-state index is 12.6. The minimum absolute atomic E-state index is 0.135. The van der Waals surface area contributed by atoms with E-state index in [1.54, 1.807) is 0 Å². The molecule has 3 rings (SSSR count). The fourth-order valence-corrected chi connectivity index (χ4v) is 3.00. The Balaban J connectivity index is 1.88. The molecule has 104 valence electrons. The molecule has 3 nitrogen and oxygen atoms in total. The molecule has 1 saturated heterocycles. The first-order valence-corrected chi connectivity index (χ1v) is 7.17. The molecule has 1 heterocycles. The predicted octanol–water partition coefficient (Wildman–Crippen LogP) is 2.66. The van der Waals surface area contributed by atoms with Crippen molar-refractivity contribution in [2.24, 2.45) is 0 Å². The van der Waals surface area contributed by atoms with Gasteiger partial charge in [-0.2, -0.15) is 0 Å². The van der Waals surface area contributed by atoms with E-state index in [9.17, 15) is 4.79 Å². The Kier molecular flexibility index (Phi) is 3.45. The minimum Gasteiger partial charge on any atom is -0.336 e. The van der Waals surface area contributed by atoms with Crippen LogP contribution >= 0.6 is 0 Å². The zero-order chi connectivity index (χ0) is 14.1. The van der Waals surface area contributed by atoms with Gasteiger partial charge in [-0.3, -0.25) is 4.79 Å². The first-order valence-electron chi connectivity index (χ1n) is 7.17. The summed E-state index contributed by atoms with van der Waals surface area (Å²) in [6.45, 7) is 5.79. The van der Waals surface area contributed by atoms with E-state index in [0.29, 0.717) is 12.1 Å². The van der Waals surface area contributed by atoms with Crippen LogP contribution in [0.3, 0.4) is 0 Å². The van der Waals surface area contributed by atoms with Crippen LogP contribution in [0, 0.1) is 0 Å². The molecule has 0 aromatic heterocycles. The third kappa shape index (κ3) is 2.54. The lowest BCUT2D eigenvalue weighted by Gasteiger charge is -2.36. The monoisotopic (exact) mass is 268 g/mol. The van der Waals surface area contributed by atoms with Gasteiger partial charge in [0.1, 0.15) is 0 Å². The largest absolute Gasteiger partial charge is 0.336 e. The van der Waals surface area contributed by atoms with Crippen molar-refractivity contribution in [3.8, 4) is 0 Å². The minimum atomic E-state index is 0.135. The molecule has 0 spiro atoms. The lowest BCUT2D eigenvalue weighted by atomic mass is 10.0. The smallest absolute Gasteiger partial charge is 0.253 e. The van der Waals surface area contributed by atoms with E-state index in [1.807, 2.05) is 35.2 Å². The number of amides is 1. The third-order valence-electron chi connectivity index (χ3n) is 3.84. The van der Waals surface area contributed by atoms with Gasteiger partial charge in [0.05, 0.1) is 0 Å². The molecule has 1 fully saturated rings. The van der Waals surface area contributed by atoms with E-state index < -0.39 is 0 Å². The maximum Gasteiger partial charge on any atom is 0.253 e. The SMILES string of the molecule is CC1CN(C(=O)c2ccc3ccccc3c2)CC(C)N1. The van der Waals surface area contributed by atoms with E-state index in [4.69, 9.17) is 0 Å². The Bertz CT molecular complexity index is 628. The molecule has 0 radical (unpaired) electrons. The van der Waals surface area contributed by atoms with Gasteiger partial charge < -0.3 is 10.2 Å². The molecule has 0 bridgehead atoms. The molecule has 1 aliphatic heterocycles. The van der Waals surface area contributed by atoms with Crippen LogP contribution in [0.15, 0.2) is 42.5 Å². The highest BCUT2D eigenvalue weighted by Gasteiger charge is 2.25. The average molecular weight is 268 g/mol. The van der Waals surface area contributed by atoms with Crippen LogP contribution in [0.5, 0.6) is 0 Å². The van der Waals surface area contributed by atoms with Crippen molar-refractivity contribution in [3.05, 3.63) is 48.0 Å². The molecule has 1 amide bonds. The van der Waals surface area contributed by atoms with Gasteiger partial charge in [0.2, 0.25) is 0 Å². The fraction of sp³-hybridized carbons (Fsp3) is 0.353. The fourth-order valence-electron chi connectivity index (χ4n) is 3.00. The summed E-state index contributed by atoms with van der Waals surface area (Å²) in [6, 6.07) is 14.8. The molecule has 1 N–H and O–H groups in total. The van der Waals surface area contributed by atoms with Crippen LogP contribution in [0.4, 0.5) is 0 Å². The van der Waals surface area contributed by atoms with Crippen molar-refractivity contribution in [2.45, 2.75) is 25.9 Å². The summed E-state index contributed by atoms with van der Waals surface area (Å²) in [5.74, 6) is 0.135. The number of hydrogen-bond donors (Lipinski definition) is 1. The number of carbonyl (C=O) groups excluding carboxylic acids is 1. The number of nitrogens with one attached hydrogen (secondary N) is 1. The second kappa shape index (κ2) is 5.25. The molecule has 0 saturated carbocycles. The molecular weight excluding hydrogens is 248 g/mol. The molecule has 2 atom stereocenters. The number of benzene rings is 2. The van der Waals surface area contributed by atoms with E-state index in [0.717, 1.165) is 24.0 Å². The van der Waals surface area contributed by atoms with Crippen molar-refractivity contribution in [3.63, 3.8) is 0 Å². The quantitative estimate of drug-likeness (QED) is 0.862. The zero-order valence-electron chi connectivity index (χ0n) is 12.0. The standard InChI is InChI=1S/C17H20N2O/c1-12-10-19(11-13(2)18-12)17(20)16-8-7-14-5-3-4-6-15(14)9-16/h3-9,12-13,18H,10-11H2,1-2H3. The van der Waals surface area contributed by atoms with E-state index in [2.05, 4.69) is 31.3 Å². The van der Waals surface area contributed by atoms with Crippen LogP contribution in [0.2, 0.25) is 0 Å². The van der Waals surface area contributed by atoms with Gasteiger partial charge in [0, 0.05) is 30.7 Å². The first kappa shape index (κ1) is 13.1. The highest BCUT2D eigenvalue weighted by Crippen LogP contribution is 2.18. The van der Waals surface area contributed by atoms with Crippen molar-refractivity contribution in [2.75, 3.05) is 13.1 Å². The lowest BCUT2D eigenvalue weighted by Crippen LogP contribution is -2.55. The Labute approximate surface area is 119 Å². The van der Waals surface area contributed by atoms with Gasteiger partial charge in [-0.05, 0) is 36.8 Å². The Morgan fingerprint density at radius 1 is 1.05 bits per heavy atom. The van der Waals surface area contributed by atoms with Crippen LogP contribution in [-0.4, -0.2) is 36.0 Å². The number of hydrogen-bond acceptors (Lipinski definition) is 2. The van der Waals surface area contributed by atoms with E-state index in [-0.39, 0.29) is 5.91 Å². The number of nitrogens with zero attached hydrogens (tertiary/aromatic N) is 1. The van der Waals surface area contributed by atoms with Crippen molar-refractivity contribution in [1.29, 1.82) is 0 Å². The molecular formula is C17H20N2O. The second-order valence-electron chi connectivity index (χ2n) is 5.74. The molecule has 3 heteroatoms. The third-order valence-corrected chi connectivity index (χ3v) is 3.84. The van der Waals surface area contributed by atoms with Gasteiger partial charge in [0.25, 0.3) is 5.91 Å². The van der Waals surface area contributed by atoms with Crippen LogP contribution in [0.1, 0.15) is 24.2 Å². The second-order valence-corrected chi connectivity index (χ2v) is 5.74. The van der Waals surface area contributed by atoms with Crippen molar-refractivity contribution >= 4 is 16.7 Å². The van der Waals surface area contributed by atoms with Gasteiger partial charge >= 0.3 is 0 Å².